The molecular formula is C14H15N3O3S. The lowest BCUT2D eigenvalue weighted by Gasteiger charge is -2.24. The number of aromatic nitrogens is 2. The molecule has 1 atom stereocenters. The third kappa shape index (κ3) is 2.69. The molecule has 0 aliphatic carbocycles. The molecule has 0 aromatic carbocycles. The van der Waals surface area contributed by atoms with Gasteiger partial charge >= 0.3 is 5.97 Å². The summed E-state index contributed by atoms with van der Waals surface area (Å²) in [7, 11) is 0. The second-order valence-corrected chi connectivity index (χ2v) is 5.77. The zero-order chi connectivity index (χ0) is 14.8. The maximum atomic E-state index is 12.4. The Labute approximate surface area is 125 Å². The van der Waals surface area contributed by atoms with Gasteiger partial charge < -0.3 is 10.0 Å². The summed E-state index contributed by atoms with van der Waals surface area (Å²) < 4.78 is 1.19. The predicted molar refractivity (Wildman–Crippen MR) is 79.8 cm³/mol. The molecule has 7 heteroatoms. The molecular weight excluding hydrogens is 290 g/mol. The van der Waals surface area contributed by atoms with Crippen molar-refractivity contribution in [2.45, 2.75) is 25.4 Å². The quantitative estimate of drug-likeness (QED) is 0.931. The molecule has 0 amide bonds. The Balaban J connectivity index is 1.96. The van der Waals surface area contributed by atoms with Crippen molar-refractivity contribution in [3.63, 3.8) is 0 Å². The van der Waals surface area contributed by atoms with Crippen molar-refractivity contribution in [1.29, 1.82) is 0 Å². The van der Waals surface area contributed by atoms with Crippen LogP contribution < -0.4 is 10.5 Å². The summed E-state index contributed by atoms with van der Waals surface area (Å²) in [5, 5.41) is 13.0. The molecule has 0 radical (unpaired) electrons. The summed E-state index contributed by atoms with van der Waals surface area (Å²) in [5.41, 5.74) is 0.842. The Morgan fingerprint density at radius 1 is 1.52 bits per heavy atom. The highest BCUT2D eigenvalue weighted by Gasteiger charge is 2.29. The Bertz CT molecular complexity index is 696. The first-order valence-electron chi connectivity index (χ1n) is 6.73. The average Bonchev–Trinajstić information content (AvgIpc) is 3.09. The molecule has 1 saturated heterocycles. The molecule has 110 valence electrons. The summed E-state index contributed by atoms with van der Waals surface area (Å²) in [5.74, 6) is -0.697. The van der Waals surface area contributed by atoms with Gasteiger partial charge in [0.15, 0.2) is 5.82 Å². The van der Waals surface area contributed by atoms with Gasteiger partial charge in [0.05, 0.1) is 6.04 Å². The van der Waals surface area contributed by atoms with Crippen LogP contribution in [0.3, 0.4) is 0 Å². The molecule has 1 N–H and O–H groups in total. The van der Waals surface area contributed by atoms with E-state index in [1.165, 1.54) is 22.5 Å². The van der Waals surface area contributed by atoms with Crippen LogP contribution in [0, 0.1) is 0 Å². The van der Waals surface area contributed by atoms with Crippen molar-refractivity contribution < 1.29 is 9.90 Å². The number of anilines is 1. The van der Waals surface area contributed by atoms with E-state index in [0.717, 1.165) is 19.4 Å². The lowest BCUT2D eigenvalue weighted by Crippen LogP contribution is -2.34. The number of nitrogens with zero attached hydrogens (tertiary/aromatic N) is 3. The second kappa shape index (κ2) is 5.69. The minimum Gasteiger partial charge on any atom is -0.480 e. The van der Waals surface area contributed by atoms with Gasteiger partial charge in [0.25, 0.3) is 5.56 Å². The average molecular weight is 305 g/mol. The van der Waals surface area contributed by atoms with Crippen molar-refractivity contribution >= 4 is 23.1 Å². The smallest absolute Gasteiger partial charge is 0.323 e. The molecule has 1 unspecified atom stereocenters. The third-order valence-electron chi connectivity index (χ3n) is 3.65. The van der Waals surface area contributed by atoms with Crippen molar-refractivity contribution in [2.24, 2.45) is 0 Å². The third-order valence-corrected chi connectivity index (χ3v) is 4.36. The van der Waals surface area contributed by atoms with Gasteiger partial charge in [-0.1, -0.05) is 0 Å². The van der Waals surface area contributed by atoms with E-state index >= 15 is 0 Å². The Morgan fingerprint density at radius 2 is 2.38 bits per heavy atom. The van der Waals surface area contributed by atoms with Gasteiger partial charge in [-0.2, -0.15) is 11.3 Å². The first-order valence-corrected chi connectivity index (χ1v) is 7.67. The molecule has 1 aliphatic rings. The van der Waals surface area contributed by atoms with E-state index < -0.39 is 5.97 Å². The Hall–Kier alpha value is -2.15. The van der Waals surface area contributed by atoms with Crippen molar-refractivity contribution in [2.75, 3.05) is 11.4 Å². The van der Waals surface area contributed by atoms with E-state index in [1.807, 2.05) is 10.3 Å². The van der Waals surface area contributed by atoms with E-state index in [0.29, 0.717) is 5.82 Å². The number of hydrogen-bond acceptors (Lipinski definition) is 5. The van der Waals surface area contributed by atoms with Gasteiger partial charge in [-0.3, -0.25) is 14.2 Å². The van der Waals surface area contributed by atoms with E-state index in [9.17, 15) is 9.59 Å². The number of rotatable bonds is 4. The van der Waals surface area contributed by atoms with Crippen molar-refractivity contribution in [3.8, 4) is 0 Å². The molecule has 1 aliphatic heterocycles. The van der Waals surface area contributed by atoms with Crippen LogP contribution in [-0.2, 0) is 11.3 Å². The summed E-state index contributed by atoms with van der Waals surface area (Å²) in [4.78, 5) is 29.4. The van der Waals surface area contributed by atoms with Crippen LogP contribution in [-0.4, -0.2) is 27.2 Å². The number of carbonyl (C=O) groups is 1. The molecule has 0 saturated carbocycles. The van der Waals surface area contributed by atoms with Crippen LogP contribution in [0.15, 0.2) is 34.0 Å². The van der Waals surface area contributed by atoms with Gasteiger partial charge in [-0.25, -0.2) is 4.98 Å². The molecule has 2 aromatic rings. The first kappa shape index (κ1) is 13.8. The standard InChI is InChI=1S/C14H15N3O3S/c18-12(19)8-16-6-4-15-13(14(16)20)17-5-1-2-11(17)10-3-7-21-9-10/h3-4,6-7,9,11H,1-2,5,8H2,(H,18,19). The van der Waals surface area contributed by atoms with Gasteiger partial charge in [-0.15, -0.1) is 0 Å². The number of carboxylic acid groups (broad SMARTS) is 1. The maximum absolute atomic E-state index is 12.4. The maximum Gasteiger partial charge on any atom is 0.323 e. The van der Waals surface area contributed by atoms with E-state index in [-0.39, 0.29) is 18.1 Å². The van der Waals surface area contributed by atoms with Gasteiger partial charge in [0.2, 0.25) is 0 Å². The Morgan fingerprint density at radius 3 is 3.10 bits per heavy atom. The van der Waals surface area contributed by atoms with Crippen LogP contribution >= 0.6 is 11.3 Å². The summed E-state index contributed by atoms with van der Waals surface area (Å²) in [6.07, 6.45) is 4.87. The number of aliphatic carboxylic acids is 1. The van der Waals surface area contributed by atoms with E-state index in [1.54, 1.807) is 11.3 Å². The zero-order valence-electron chi connectivity index (χ0n) is 11.3. The lowest BCUT2D eigenvalue weighted by molar-refractivity contribution is -0.137. The van der Waals surface area contributed by atoms with Gasteiger partial charge in [-0.05, 0) is 35.2 Å². The van der Waals surface area contributed by atoms with Crippen molar-refractivity contribution in [1.82, 2.24) is 9.55 Å². The highest BCUT2D eigenvalue weighted by molar-refractivity contribution is 7.08. The fourth-order valence-corrected chi connectivity index (χ4v) is 3.44. The highest BCUT2D eigenvalue weighted by Crippen LogP contribution is 2.34. The van der Waals surface area contributed by atoms with Gasteiger partial charge in [0, 0.05) is 18.9 Å². The van der Waals surface area contributed by atoms with Crippen LogP contribution in [0.1, 0.15) is 24.4 Å². The van der Waals surface area contributed by atoms with Crippen molar-refractivity contribution in [3.05, 3.63) is 45.1 Å². The van der Waals surface area contributed by atoms with Crippen LogP contribution in [0.5, 0.6) is 0 Å². The number of thiophene rings is 1. The minimum atomic E-state index is -1.04. The number of carboxylic acids is 1. The van der Waals surface area contributed by atoms with Crippen LogP contribution in [0.2, 0.25) is 0 Å². The largest absolute Gasteiger partial charge is 0.480 e. The minimum absolute atomic E-state index is 0.150. The van der Waals surface area contributed by atoms with E-state index in [4.69, 9.17) is 5.11 Å². The Kier molecular flexibility index (Phi) is 3.74. The molecule has 2 aromatic heterocycles. The molecule has 3 rings (SSSR count). The fraction of sp³-hybridized carbons (Fsp3) is 0.357. The summed E-state index contributed by atoms with van der Waals surface area (Å²) in [6.45, 7) is 0.422. The van der Waals surface area contributed by atoms with Crippen LogP contribution in [0.4, 0.5) is 5.82 Å². The lowest BCUT2D eigenvalue weighted by atomic mass is 10.1. The second-order valence-electron chi connectivity index (χ2n) is 4.99. The molecule has 0 spiro atoms. The fourth-order valence-electron chi connectivity index (χ4n) is 2.73. The predicted octanol–water partition coefficient (Wildman–Crippen LogP) is 1.73. The van der Waals surface area contributed by atoms with E-state index in [2.05, 4.69) is 16.4 Å². The normalized spacial score (nSPS) is 18.1. The summed E-state index contributed by atoms with van der Waals surface area (Å²) >= 11 is 1.63. The first-order chi connectivity index (χ1) is 10.2. The molecule has 21 heavy (non-hydrogen) atoms. The topological polar surface area (TPSA) is 75.4 Å². The summed E-state index contributed by atoms with van der Waals surface area (Å²) in [6, 6.07) is 2.21. The highest BCUT2D eigenvalue weighted by atomic mass is 32.1. The number of hydrogen-bond donors (Lipinski definition) is 1. The SMILES string of the molecule is O=C(O)Cn1ccnc(N2CCCC2c2ccsc2)c1=O. The zero-order valence-corrected chi connectivity index (χ0v) is 12.1. The monoisotopic (exact) mass is 305 g/mol. The molecule has 0 bridgehead atoms. The molecule has 1 fully saturated rings. The molecule has 6 nitrogen and oxygen atoms in total. The van der Waals surface area contributed by atoms with Crippen LogP contribution in [0.25, 0.3) is 0 Å². The van der Waals surface area contributed by atoms with Gasteiger partial charge in [0.1, 0.15) is 6.54 Å². The molecule has 3 heterocycles.